The predicted molar refractivity (Wildman–Crippen MR) is 100 cm³/mol. The fourth-order valence-electron chi connectivity index (χ4n) is 4.26. The van der Waals surface area contributed by atoms with Crippen LogP contribution in [0.4, 0.5) is 4.39 Å². The first kappa shape index (κ1) is 18.1. The molecule has 0 bridgehead atoms. The van der Waals surface area contributed by atoms with Crippen LogP contribution in [0, 0.1) is 12.7 Å². The molecule has 2 aromatic rings. The summed E-state index contributed by atoms with van der Waals surface area (Å²) in [5.74, 6) is -0.413. The van der Waals surface area contributed by atoms with Gasteiger partial charge in [0, 0.05) is 12.0 Å². The van der Waals surface area contributed by atoms with Gasteiger partial charge in [0.05, 0.1) is 11.7 Å². The van der Waals surface area contributed by atoms with Crippen molar-refractivity contribution < 1.29 is 9.18 Å². The van der Waals surface area contributed by atoms with Crippen LogP contribution in [0.2, 0.25) is 0 Å². The van der Waals surface area contributed by atoms with Gasteiger partial charge in [-0.3, -0.25) is 4.79 Å². The highest BCUT2D eigenvalue weighted by Crippen LogP contribution is 2.43. The summed E-state index contributed by atoms with van der Waals surface area (Å²) in [5, 5.41) is 14.8. The van der Waals surface area contributed by atoms with Gasteiger partial charge >= 0.3 is 0 Å². The molecule has 0 spiro atoms. The molecule has 2 fully saturated rings. The summed E-state index contributed by atoms with van der Waals surface area (Å²) in [6.07, 6.45) is 5.12. The maximum atomic E-state index is 13.2. The molecule has 1 aromatic carbocycles. The number of rotatable bonds is 5. The summed E-state index contributed by atoms with van der Waals surface area (Å²) in [6, 6.07) is 6.95. The first-order valence-corrected chi connectivity index (χ1v) is 9.76. The Morgan fingerprint density at radius 3 is 2.63 bits per heavy atom. The third-order valence-corrected chi connectivity index (χ3v) is 6.15. The normalized spacial score (nSPS) is 19.5. The quantitative estimate of drug-likeness (QED) is 0.847. The van der Waals surface area contributed by atoms with Crippen molar-refractivity contribution in [2.45, 2.75) is 50.5 Å². The second kappa shape index (κ2) is 7.38. The van der Waals surface area contributed by atoms with Gasteiger partial charge in [-0.25, -0.2) is 9.07 Å². The molecule has 144 valence electrons. The molecule has 4 rings (SSSR count). The topological polar surface area (TPSA) is 71.8 Å². The standard InChI is InChI=1S/C20H26FN5O/c1-14-18(24-25-26(14)17-7-11-22-12-8-17)19(27)23-13-20(9-2-10-20)15-3-5-16(21)6-4-15/h3-6,17,22H,2,7-13H2,1H3,(H,23,27). The van der Waals surface area contributed by atoms with E-state index in [1.54, 1.807) is 0 Å². The van der Waals surface area contributed by atoms with Gasteiger partial charge in [-0.1, -0.05) is 23.8 Å². The number of piperidine rings is 1. The summed E-state index contributed by atoms with van der Waals surface area (Å²) >= 11 is 0. The first-order chi connectivity index (χ1) is 13.1. The summed E-state index contributed by atoms with van der Waals surface area (Å²) < 4.78 is 15.1. The Hall–Kier alpha value is -2.28. The number of amides is 1. The van der Waals surface area contributed by atoms with E-state index in [4.69, 9.17) is 0 Å². The monoisotopic (exact) mass is 371 g/mol. The van der Waals surface area contributed by atoms with Gasteiger partial charge in [-0.05, 0) is 63.4 Å². The number of carbonyl (C=O) groups is 1. The second-order valence-electron chi connectivity index (χ2n) is 7.77. The van der Waals surface area contributed by atoms with Crippen molar-refractivity contribution in [3.63, 3.8) is 0 Å². The molecule has 0 radical (unpaired) electrons. The van der Waals surface area contributed by atoms with E-state index < -0.39 is 0 Å². The lowest BCUT2D eigenvalue weighted by atomic mass is 9.64. The van der Waals surface area contributed by atoms with E-state index in [0.29, 0.717) is 18.3 Å². The van der Waals surface area contributed by atoms with Gasteiger partial charge in [-0.2, -0.15) is 0 Å². The van der Waals surface area contributed by atoms with E-state index in [-0.39, 0.29) is 17.1 Å². The van der Waals surface area contributed by atoms with E-state index in [1.807, 2.05) is 23.7 Å². The highest BCUT2D eigenvalue weighted by molar-refractivity contribution is 5.93. The van der Waals surface area contributed by atoms with Crippen LogP contribution in [-0.4, -0.2) is 40.5 Å². The zero-order valence-corrected chi connectivity index (χ0v) is 15.7. The molecule has 1 amide bonds. The molecule has 2 N–H and O–H groups in total. The molecule has 0 unspecified atom stereocenters. The van der Waals surface area contributed by atoms with Gasteiger partial charge < -0.3 is 10.6 Å². The van der Waals surface area contributed by atoms with Crippen molar-refractivity contribution in [2.75, 3.05) is 19.6 Å². The first-order valence-electron chi connectivity index (χ1n) is 9.76. The minimum Gasteiger partial charge on any atom is -0.350 e. The van der Waals surface area contributed by atoms with Crippen LogP contribution < -0.4 is 10.6 Å². The Kier molecular flexibility index (Phi) is 4.95. The maximum absolute atomic E-state index is 13.2. The van der Waals surface area contributed by atoms with E-state index in [2.05, 4.69) is 20.9 Å². The third-order valence-electron chi connectivity index (χ3n) is 6.15. The number of nitrogens with zero attached hydrogens (tertiary/aromatic N) is 3. The Morgan fingerprint density at radius 2 is 2.00 bits per heavy atom. The fraction of sp³-hybridized carbons (Fsp3) is 0.550. The number of carbonyl (C=O) groups excluding carboxylic acids is 1. The minimum absolute atomic E-state index is 0.0949. The van der Waals surface area contributed by atoms with Crippen LogP contribution in [0.15, 0.2) is 24.3 Å². The largest absolute Gasteiger partial charge is 0.350 e. The Bertz CT molecular complexity index is 806. The summed E-state index contributed by atoms with van der Waals surface area (Å²) in [4.78, 5) is 12.7. The van der Waals surface area contributed by atoms with Gasteiger partial charge in [0.2, 0.25) is 0 Å². The predicted octanol–water partition coefficient (Wildman–Crippen LogP) is 2.50. The van der Waals surface area contributed by atoms with Crippen molar-refractivity contribution >= 4 is 5.91 Å². The Balaban J connectivity index is 1.44. The Morgan fingerprint density at radius 1 is 1.30 bits per heavy atom. The van der Waals surface area contributed by atoms with Gasteiger partial charge in [0.15, 0.2) is 5.69 Å². The number of aromatic nitrogens is 3. The van der Waals surface area contributed by atoms with Crippen molar-refractivity contribution in [1.82, 2.24) is 25.6 Å². The van der Waals surface area contributed by atoms with Gasteiger partial charge in [0.25, 0.3) is 5.91 Å². The van der Waals surface area contributed by atoms with Crippen molar-refractivity contribution in [3.8, 4) is 0 Å². The van der Waals surface area contributed by atoms with E-state index in [1.165, 1.54) is 12.1 Å². The third kappa shape index (κ3) is 3.48. The average Bonchev–Trinajstić information content (AvgIpc) is 3.04. The zero-order chi connectivity index (χ0) is 18.9. The van der Waals surface area contributed by atoms with Crippen LogP contribution in [-0.2, 0) is 5.41 Å². The lowest BCUT2D eigenvalue weighted by molar-refractivity contribution is 0.0922. The molecule has 2 aliphatic rings. The molecule has 27 heavy (non-hydrogen) atoms. The zero-order valence-electron chi connectivity index (χ0n) is 15.7. The minimum atomic E-state index is -0.234. The highest BCUT2D eigenvalue weighted by Gasteiger charge is 2.39. The number of nitrogens with one attached hydrogen (secondary N) is 2. The SMILES string of the molecule is Cc1c(C(=O)NCC2(c3ccc(F)cc3)CCC2)nnn1C1CCNCC1. The van der Waals surface area contributed by atoms with Crippen molar-refractivity contribution in [1.29, 1.82) is 0 Å². The molecular weight excluding hydrogens is 345 g/mol. The molecule has 1 aromatic heterocycles. The molecule has 0 atom stereocenters. The molecule has 1 saturated carbocycles. The maximum Gasteiger partial charge on any atom is 0.273 e. The smallest absolute Gasteiger partial charge is 0.273 e. The van der Waals surface area contributed by atoms with E-state index >= 15 is 0 Å². The number of hydrogen-bond donors (Lipinski definition) is 2. The van der Waals surface area contributed by atoms with Crippen LogP contribution in [0.25, 0.3) is 0 Å². The number of hydrogen-bond acceptors (Lipinski definition) is 4. The van der Waals surface area contributed by atoms with Crippen LogP contribution >= 0.6 is 0 Å². The molecule has 6 nitrogen and oxygen atoms in total. The van der Waals surface area contributed by atoms with Crippen molar-refractivity contribution in [3.05, 3.63) is 47.0 Å². The van der Waals surface area contributed by atoms with E-state index in [9.17, 15) is 9.18 Å². The summed E-state index contributed by atoms with van der Waals surface area (Å²) in [7, 11) is 0. The number of benzene rings is 1. The molecule has 2 heterocycles. The number of halogens is 1. The lowest BCUT2D eigenvalue weighted by Gasteiger charge is -2.42. The average molecular weight is 371 g/mol. The summed E-state index contributed by atoms with van der Waals surface area (Å²) in [5.41, 5.74) is 2.22. The van der Waals surface area contributed by atoms with Crippen LogP contribution in [0.3, 0.4) is 0 Å². The lowest BCUT2D eigenvalue weighted by Crippen LogP contribution is -2.45. The van der Waals surface area contributed by atoms with Gasteiger partial charge in [-0.15, -0.1) is 5.10 Å². The Labute approximate surface area is 158 Å². The molecular formula is C20H26FN5O. The second-order valence-corrected chi connectivity index (χ2v) is 7.77. The highest BCUT2D eigenvalue weighted by atomic mass is 19.1. The van der Waals surface area contributed by atoms with Gasteiger partial charge in [0.1, 0.15) is 5.82 Å². The fourth-order valence-corrected chi connectivity index (χ4v) is 4.26. The van der Waals surface area contributed by atoms with E-state index in [0.717, 1.165) is 56.5 Å². The molecule has 7 heteroatoms. The van der Waals surface area contributed by atoms with Crippen molar-refractivity contribution in [2.24, 2.45) is 0 Å². The van der Waals surface area contributed by atoms with Crippen LogP contribution in [0.1, 0.15) is 59.9 Å². The summed E-state index contributed by atoms with van der Waals surface area (Å²) in [6.45, 7) is 4.38. The molecule has 1 aliphatic heterocycles. The van der Waals surface area contributed by atoms with Crippen LogP contribution in [0.5, 0.6) is 0 Å². The molecule has 1 saturated heterocycles. The molecule has 1 aliphatic carbocycles.